The van der Waals surface area contributed by atoms with Gasteiger partial charge in [-0.3, -0.25) is 0 Å². The quantitative estimate of drug-likeness (QED) is 0.171. The Morgan fingerprint density at radius 3 is 1.73 bits per heavy atom. The fourth-order valence-corrected chi connectivity index (χ4v) is 8.95. The zero-order valence-corrected chi connectivity index (χ0v) is 30.6. The number of rotatable bonds is 6. The topological polar surface area (TPSA) is 26.3 Å². The van der Waals surface area contributed by atoms with E-state index in [-0.39, 0.29) is 0 Å². The SMILES string of the molecule is C=Cc1c(C=C)c(-c2ccc(-c3ccccc3)c3c2oc2cc4oc5ccccc5c4cc23)c2ccccc2c1-c1ccc(-c2cccc3ccccc23)cc1. The van der Waals surface area contributed by atoms with Gasteiger partial charge in [0.1, 0.15) is 22.3 Å². The third-order valence-corrected chi connectivity index (χ3v) is 11.4. The molecule has 0 aliphatic rings. The zero-order valence-electron chi connectivity index (χ0n) is 30.6. The van der Waals surface area contributed by atoms with E-state index in [1.807, 2.05) is 24.3 Å². The van der Waals surface area contributed by atoms with Crippen LogP contribution in [0.5, 0.6) is 0 Å². The monoisotopic (exact) mass is 714 g/mol. The first-order valence-corrected chi connectivity index (χ1v) is 19.0. The molecule has 56 heavy (non-hydrogen) atoms. The zero-order chi connectivity index (χ0) is 37.3. The van der Waals surface area contributed by atoms with E-state index in [1.54, 1.807) is 0 Å². The van der Waals surface area contributed by atoms with E-state index in [0.717, 1.165) is 99.2 Å². The smallest absolute Gasteiger partial charge is 0.143 e. The molecule has 0 radical (unpaired) electrons. The van der Waals surface area contributed by atoms with Crippen LogP contribution in [0.15, 0.2) is 192 Å². The van der Waals surface area contributed by atoms with E-state index in [2.05, 4.69) is 171 Å². The van der Waals surface area contributed by atoms with Gasteiger partial charge in [-0.25, -0.2) is 0 Å². The van der Waals surface area contributed by atoms with E-state index in [9.17, 15) is 0 Å². The highest BCUT2D eigenvalue weighted by molar-refractivity contribution is 6.23. The predicted molar refractivity (Wildman–Crippen MR) is 238 cm³/mol. The first-order chi connectivity index (χ1) is 27.7. The molecule has 2 nitrogen and oxygen atoms in total. The number of fused-ring (bicyclic) bond motifs is 8. The van der Waals surface area contributed by atoms with Crippen LogP contribution in [0.25, 0.3) is 122 Å². The van der Waals surface area contributed by atoms with Crippen molar-refractivity contribution in [2.75, 3.05) is 0 Å². The lowest BCUT2D eigenvalue weighted by Crippen LogP contribution is -1.96. The van der Waals surface area contributed by atoms with E-state index in [0.29, 0.717) is 0 Å². The first kappa shape index (κ1) is 32.0. The third kappa shape index (κ3) is 4.76. The van der Waals surface area contributed by atoms with E-state index in [1.165, 1.54) is 21.9 Å². The molecule has 2 aromatic heterocycles. The number of para-hydroxylation sites is 1. The molecule has 9 aromatic carbocycles. The summed E-state index contributed by atoms with van der Waals surface area (Å²) in [6, 6.07) is 60.2. The fourth-order valence-electron chi connectivity index (χ4n) is 8.95. The van der Waals surface area contributed by atoms with Crippen LogP contribution in [-0.4, -0.2) is 0 Å². The van der Waals surface area contributed by atoms with Crippen LogP contribution in [0.4, 0.5) is 0 Å². The van der Waals surface area contributed by atoms with Crippen LogP contribution in [0.1, 0.15) is 11.1 Å². The highest BCUT2D eigenvalue weighted by Gasteiger charge is 2.24. The molecular weight excluding hydrogens is 681 g/mol. The minimum absolute atomic E-state index is 0.785. The second-order valence-corrected chi connectivity index (χ2v) is 14.4. The number of hydrogen-bond donors (Lipinski definition) is 0. The van der Waals surface area contributed by atoms with Crippen molar-refractivity contribution in [3.8, 4) is 44.5 Å². The van der Waals surface area contributed by atoms with Gasteiger partial charge in [0.2, 0.25) is 0 Å². The summed E-state index contributed by atoms with van der Waals surface area (Å²) in [6.07, 6.45) is 3.96. The van der Waals surface area contributed by atoms with Crippen LogP contribution in [0.2, 0.25) is 0 Å². The van der Waals surface area contributed by atoms with Gasteiger partial charge in [-0.2, -0.15) is 0 Å². The van der Waals surface area contributed by atoms with Gasteiger partial charge in [0.15, 0.2) is 0 Å². The van der Waals surface area contributed by atoms with Crippen molar-refractivity contribution in [3.63, 3.8) is 0 Å². The summed E-state index contributed by atoms with van der Waals surface area (Å²) in [6.45, 7) is 8.79. The largest absolute Gasteiger partial charge is 0.456 e. The predicted octanol–water partition coefficient (Wildman–Crippen LogP) is 15.7. The van der Waals surface area contributed by atoms with Gasteiger partial charge in [0.05, 0.1) is 0 Å². The van der Waals surface area contributed by atoms with Crippen molar-refractivity contribution in [2.45, 2.75) is 0 Å². The Bertz CT molecular complexity index is 3370. The van der Waals surface area contributed by atoms with Gasteiger partial charge in [-0.05, 0) is 84.3 Å². The maximum atomic E-state index is 7.01. The Hall–Kier alpha value is -7.42. The van der Waals surface area contributed by atoms with Crippen molar-refractivity contribution >= 4 is 77.6 Å². The van der Waals surface area contributed by atoms with Crippen molar-refractivity contribution < 1.29 is 8.83 Å². The molecule has 0 saturated carbocycles. The second-order valence-electron chi connectivity index (χ2n) is 14.4. The number of furan rings is 2. The molecule has 11 aromatic rings. The van der Waals surface area contributed by atoms with Crippen LogP contribution in [0, 0.1) is 0 Å². The summed E-state index contributed by atoms with van der Waals surface area (Å²) in [5, 5.41) is 9.03. The molecule has 0 aliphatic carbocycles. The molecule has 0 bridgehead atoms. The highest BCUT2D eigenvalue weighted by atomic mass is 16.3. The summed E-state index contributed by atoms with van der Waals surface area (Å²) in [7, 11) is 0. The summed E-state index contributed by atoms with van der Waals surface area (Å²) < 4.78 is 13.3. The Morgan fingerprint density at radius 2 is 0.946 bits per heavy atom. The standard InChI is InChI=1S/C54H34O2/c1-3-37-38(4-2)52(44-22-11-10-21-43(44)51(37)36-27-25-35(26-28-36)40-23-14-18-33-17-8-9-19-39(33)40)45-30-29-41(34-15-6-5-7-16-34)53-47-31-46-42-20-12-13-24-48(42)55-49(46)32-50(47)56-54(45)53/h3-32H,1-2H2. The lowest BCUT2D eigenvalue weighted by Gasteiger charge is -2.21. The Morgan fingerprint density at radius 1 is 0.357 bits per heavy atom. The number of hydrogen-bond acceptors (Lipinski definition) is 2. The summed E-state index contributed by atoms with van der Waals surface area (Å²) in [5.74, 6) is 0. The van der Waals surface area contributed by atoms with E-state index >= 15 is 0 Å². The summed E-state index contributed by atoms with van der Waals surface area (Å²) in [4.78, 5) is 0. The lowest BCUT2D eigenvalue weighted by atomic mass is 9.82. The van der Waals surface area contributed by atoms with E-state index in [4.69, 9.17) is 8.83 Å². The molecule has 0 atom stereocenters. The van der Waals surface area contributed by atoms with Gasteiger partial charge in [0.25, 0.3) is 0 Å². The highest BCUT2D eigenvalue weighted by Crippen LogP contribution is 2.49. The van der Waals surface area contributed by atoms with E-state index < -0.39 is 0 Å². The Balaban J connectivity index is 1.17. The molecule has 0 saturated heterocycles. The van der Waals surface area contributed by atoms with Crippen molar-refractivity contribution in [2.24, 2.45) is 0 Å². The maximum Gasteiger partial charge on any atom is 0.143 e. The molecule has 0 N–H and O–H groups in total. The fraction of sp³-hybridized carbons (Fsp3) is 0. The Kier molecular flexibility index (Phi) is 7.20. The first-order valence-electron chi connectivity index (χ1n) is 19.0. The second kappa shape index (κ2) is 12.6. The summed E-state index contributed by atoms with van der Waals surface area (Å²) >= 11 is 0. The summed E-state index contributed by atoms with van der Waals surface area (Å²) in [5.41, 5.74) is 14.3. The molecule has 0 amide bonds. The van der Waals surface area contributed by atoms with Crippen molar-refractivity contribution in [3.05, 3.63) is 194 Å². The van der Waals surface area contributed by atoms with Gasteiger partial charge in [-0.15, -0.1) is 0 Å². The van der Waals surface area contributed by atoms with Crippen LogP contribution in [0.3, 0.4) is 0 Å². The molecule has 0 aliphatic heterocycles. The minimum atomic E-state index is 0.785. The maximum absolute atomic E-state index is 7.01. The van der Waals surface area contributed by atoms with Gasteiger partial charge in [0, 0.05) is 38.7 Å². The molecule has 0 spiro atoms. The molecule has 2 heteroatoms. The normalized spacial score (nSPS) is 11.7. The average molecular weight is 715 g/mol. The van der Waals surface area contributed by atoms with Crippen LogP contribution in [-0.2, 0) is 0 Å². The number of benzene rings is 9. The van der Waals surface area contributed by atoms with Crippen LogP contribution >= 0.6 is 0 Å². The third-order valence-electron chi connectivity index (χ3n) is 11.4. The van der Waals surface area contributed by atoms with Crippen molar-refractivity contribution in [1.29, 1.82) is 0 Å². The molecule has 2 heterocycles. The molecule has 0 unspecified atom stereocenters. The van der Waals surface area contributed by atoms with Gasteiger partial charge < -0.3 is 8.83 Å². The molecular formula is C54H34O2. The lowest BCUT2D eigenvalue weighted by molar-refractivity contribution is 0.656. The molecule has 262 valence electrons. The van der Waals surface area contributed by atoms with Crippen molar-refractivity contribution in [1.82, 2.24) is 0 Å². The molecule has 11 rings (SSSR count). The van der Waals surface area contributed by atoms with Crippen LogP contribution < -0.4 is 0 Å². The molecule has 0 fully saturated rings. The van der Waals surface area contributed by atoms with Gasteiger partial charge >= 0.3 is 0 Å². The minimum Gasteiger partial charge on any atom is -0.456 e. The average Bonchev–Trinajstić information content (AvgIpc) is 3.82. The van der Waals surface area contributed by atoms with Gasteiger partial charge in [-0.1, -0.05) is 171 Å². The Labute approximate surface area is 323 Å².